The average Bonchev–Trinajstić information content (AvgIpc) is 3.25. The summed E-state index contributed by atoms with van der Waals surface area (Å²) in [5.74, 6) is -0.0368. The van der Waals surface area contributed by atoms with E-state index in [0.29, 0.717) is 27.4 Å². The topological polar surface area (TPSA) is 74.0 Å². The zero-order valence-electron chi connectivity index (χ0n) is 14.7. The predicted octanol–water partition coefficient (Wildman–Crippen LogP) is 3.95. The van der Waals surface area contributed by atoms with Crippen molar-refractivity contribution in [3.63, 3.8) is 0 Å². The van der Waals surface area contributed by atoms with Crippen molar-refractivity contribution in [2.45, 2.75) is 13.0 Å². The second kappa shape index (κ2) is 7.65. The molecule has 2 aliphatic rings. The van der Waals surface area contributed by atoms with Crippen LogP contribution in [0.25, 0.3) is 12.2 Å². The lowest BCUT2D eigenvalue weighted by molar-refractivity contribution is -0.137. The van der Waals surface area contributed by atoms with Gasteiger partial charge in [-0.15, -0.1) is 0 Å². The first-order valence-electron chi connectivity index (χ1n) is 8.61. The summed E-state index contributed by atoms with van der Waals surface area (Å²) in [6, 6.07) is 11.8. The molecule has 3 heterocycles. The molecule has 142 valence electrons. The van der Waals surface area contributed by atoms with Crippen LogP contribution in [0.5, 0.6) is 0 Å². The molecule has 0 aliphatic carbocycles. The van der Waals surface area contributed by atoms with Gasteiger partial charge in [-0.3, -0.25) is 14.5 Å². The second-order valence-electron chi connectivity index (χ2n) is 6.30. The Kier molecular flexibility index (Phi) is 5.06. The monoisotopic (exact) mass is 412 g/mol. The Bertz CT molecular complexity index is 1020. The minimum Gasteiger partial charge on any atom is -0.481 e. The van der Waals surface area contributed by atoms with Gasteiger partial charge in [-0.1, -0.05) is 48.2 Å². The molecule has 2 aliphatic heterocycles. The minimum atomic E-state index is -0.968. The van der Waals surface area contributed by atoms with E-state index in [1.54, 1.807) is 12.1 Å². The van der Waals surface area contributed by atoms with E-state index in [1.165, 1.54) is 16.0 Å². The third-order valence-corrected chi connectivity index (χ3v) is 5.80. The molecule has 0 unspecified atom stereocenters. The van der Waals surface area contributed by atoms with Gasteiger partial charge in [0.15, 0.2) is 5.88 Å². The molecule has 8 heteroatoms. The molecule has 0 atom stereocenters. The van der Waals surface area contributed by atoms with E-state index >= 15 is 0 Å². The van der Waals surface area contributed by atoms with E-state index in [0.717, 1.165) is 11.8 Å². The number of furan rings is 1. The maximum absolute atomic E-state index is 12.5. The third kappa shape index (κ3) is 3.74. The van der Waals surface area contributed by atoms with Gasteiger partial charge in [0.1, 0.15) is 10.1 Å². The summed E-state index contributed by atoms with van der Waals surface area (Å²) < 4.78 is 6.25. The number of carbonyl (C=O) groups is 2. The van der Waals surface area contributed by atoms with Crippen molar-refractivity contribution >= 4 is 58.2 Å². The van der Waals surface area contributed by atoms with E-state index in [1.807, 2.05) is 35.4 Å². The predicted molar refractivity (Wildman–Crippen MR) is 112 cm³/mol. The number of hydrogen-bond donors (Lipinski definition) is 1. The van der Waals surface area contributed by atoms with E-state index in [2.05, 4.69) is 12.1 Å². The van der Waals surface area contributed by atoms with Gasteiger partial charge in [-0.2, -0.15) is 0 Å². The van der Waals surface area contributed by atoms with Gasteiger partial charge < -0.3 is 14.4 Å². The first kappa shape index (κ1) is 18.5. The highest BCUT2D eigenvalue weighted by Gasteiger charge is 2.32. The number of carboxylic acid groups (broad SMARTS) is 1. The van der Waals surface area contributed by atoms with Crippen molar-refractivity contribution in [2.24, 2.45) is 0 Å². The van der Waals surface area contributed by atoms with Gasteiger partial charge in [0.05, 0.1) is 17.9 Å². The van der Waals surface area contributed by atoms with E-state index in [9.17, 15) is 9.59 Å². The number of carboxylic acids is 1. The Balaban J connectivity index is 1.49. The Labute approximate surface area is 171 Å². The smallest absolute Gasteiger partial charge is 0.305 e. The van der Waals surface area contributed by atoms with Gasteiger partial charge in [0, 0.05) is 24.9 Å². The van der Waals surface area contributed by atoms with E-state index in [4.69, 9.17) is 21.7 Å². The van der Waals surface area contributed by atoms with Crippen LogP contribution in [-0.2, 0) is 16.1 Å². The zero-order valence-corrected chi connectivity index (χ0v) is 16.3. The molecule has 1 saturated heterocycles. The number of benzene rings is 1. The number of anilines is 1. The largest absolute Gasteiger partial charge is 0.481 e. The summed E-state index contributed by atoms with van der Waals surface area (Å²) in [5, 5.41) is 8.81. The van der Waals surface area contributed by atoms with Crippen LogP contribution in [0.3, 0.4) is 0 Å². The lowest BCUT2D eigenvalue weighted by Crippen LogP contribution is -2.30. The lowest BCUT2D eigenvalue weighted by atomic mass is 10.0. The lowest BCUT2D eigenvalue weighted by Gasteiger charge is -2.22. The summed E-state index contributed by atoms with van der Waals surface area (Å²) in [6.07, 6.45) is 5.50. The van der Waals surface area contributed by atoms with Crippen LogP contribution >= 0.6 is 24.0 Å². The highest BCUT2D eigenvalue weighted by atomic mass is 32.2. The molecule has 1 aromatic carbocycles. The number of amides is 1. The molecule has 2 aromatic rings. The van der Waals surface area contributed by atoms with Crippen LogP contribution in [0, 0.1) is 0 Å². The molecule has 0 saturated carbocycles. The van der Waals surface area contributed by atoms with E-state index < -0.39 is 5.97 Å². The summed E-state index contributed by atoms with van der Waals surface area (Å²) in [6.45, 7) is 0.773. The van der Waals surface area contributed by atoms with Crippen LogP contribution in [0.2, 0.25) is 0 Å². The highest BCUT2D eigenvalue weighted by molar-refractivity contribution is 8.26. The number of rotatable bonds is 5. The second-order valence-corrected chi connectivity index (χ2v) is 7.97. The number of hydrogen-bond acceptors (Lipinski definition) is 6. The summed E-state index contributed by atoms with van der Waals surface area (Å²) in [4.78, 5) is 27.0. The number of nitrogens with zero attached hydrogens (tertiary/aromatic N) is 2. The number of thiocarbonyl (C=S) groups is 1. The molecule has 1 fully saturated rings. The molecule has 1 N–H and O–H groups in total. The SMILES string of the molecule is O=C(O)CCN1C(=O)C(=Cc2ccc(N3C=Cc4ccccc4C3)o2)SC1=S. The normalized spacial score (nSPS) is 17.5. The van der Waals surface area contributed by atoms with Crippen molar-refractivity contribution in [3.8, 4) is 0 Å². The summed E-state index contributed by atoms with van der Waals surface area (Å²) >= 11 is 6.35. The molecular formula is C20H16N2O4S2. The molecule has 0 bridgehead atoms. The number of carbonyl (C=O) groups excluding carboxylic acids is 1. The Morgan fingerprint density at radius 1 is 1.29 bits per heavy atom. The maximum atomic E-state index is 12.5. The molecule has 6 nitrogen and oxygen atoms in total. The molecule has 28 heavy (non-hydrogen) atoms. The van der Waals surface area contributed by atoms with Crippen LogP contribution < -0.4 is 4.90 Å². The fraction of sp³-hybridized carbons (Fsp3) is 0.150. The Hall–Kier alpha value is -2.84. The van der Waals surface area contributed by atoms with Gasteiger partial charge in [-0.05, 0) is 23.3 Å². The average molecular weight is 412 g/mol. The quantitative estimate of drug-likeness (QED) is 0.589. The zero-order chi connectivity index (χ0) is 19.7. The van der Waals surface area contributed by atoms with Gasteiger partial charge in [0.25, 0.3) is 5.91 Å². The van der Waals surface area contributed by atoms with Crippen LogP contribution in [0.1, 0.15) is 23.3 Å². The maximum Gasteiger partial charge on any atom is 0.305 e. The summed E-state index contributed by atoms with van der Waals surface area (Å²) in [7, 11) is 0. The van der Waals surface area contributed by atoms with Crippen molar-refractivity contribution in [2.75, 3.05) is 11.4 Å². The first-order chi connectivity index (χ1) is 13.5. The number of fused-ring (bicyclic) bond motifs is 1. The molecule has 1 amide bonds. The van der Waals surface area contributed by atoms with Crippen molar-refractivity contribution < 1.29 is 19.1 Å². The van der Waals surface area contributed by atoms with Crippen LogP contribution in [0.4, 0.5) is 5.88 Å². The van der Waals surface area contributed by atoms with E-state index in [-0.39, 0.29) is 18.9 Å². The fourth-order valence-corrected chi connectivity index (χ4v) is 4.29. The van der Waals surface area contributed by atoms with Crippen molar-refractivity contribution in [1.29, 1.82) is 0 Å². The molecule has 0 spiro atoms. The molecule has 0 radical (unpaired) electrons. The first-order valence-corrected chi connectivity index (χ1v) is 9.83. The van der Waals surface area contributed by atoms with Crippen LogP contribution in [-0.4, -0.2) is 32.7 Å². The summed E-state index contributed by atoms with van der Waals surface area (Å²) in [5.41, 5.74) is 2.40. The molecule has 4 rings (SSSR count). The van der Waals surface area contributed by atoms with Crippen molar-refractivity contribution in [1.82, 2.24) is 4.90 Å². The Morgan fingerprint density at radius 2 is 2.11 bits per heavy atom. The molecular weight excluding hydrogens is 396 g/mol. The number of aliphatic carboxylic acids is 1. The van der Waals surface area contributed by atoms with Gasteiger partial charge in [0.2, 0.25) is 0 Å². The van der Waals surface area contributed by atoms with Crippen LogP contribution in [0.15, 0.2) is 51.9 Å². The molecule has 1 aromatic heterocycles. The standard InChI is InChI=1S/C20H16N2O4S2/c23-18(24)8-10-22-19(25)16(28-20(22)27)11-15-5-6-17(26-15)21-9-7-13-3-1-2-4-14(13)12-21/h1-7,9,11H,8,10,12H2,(H,23,24). The highest BCUT2D eigenvalue weighted by Crippen LogP contribution is 2.34. The van der Waals surface area contributed by atoms with Crippen molar-refractivity contribution in [3.05, 3.63) is 64.4 Å². The van der Waals surface area contributed by atoms with Gasteiger partial charge >= 0.3 is 5.97 Å². The number of thioether (sulfide) groups is 1. The van der Waals surface area contributed by atoms with Gasteiger partial charge in [-0.25, -0.2) is 0 Å². The Morgan fingerprint density at radius 3 is 2.93 bits per heavy atom. The fourth-order valence-electron chi connectivity index (χ4n) is 3.00. The minimum absolute atomic E-state index is 0.0682. The third-order valence-electron chi connectivity index (χ3n) is 4.42.